The molecule has 1 fully saturated rings. The van der Waals surface area contributed by atoms with Crippen LogP contribution in [0.15, 0.2) is 48.7 Å². The van der Waals surface area contributed by atoms with Crippen LogP contribution in [0.3, 0.4) is 0 Å². The molecule has 0 saturated carbocycles. The molecule has 1 atom stereocenters. The van der Waals surface area contributed by atoms with E-state index in [1.165, 1.54) is 17.7 Å². The van der Waals surface area contributed by atoms with Crippen LogP contribution in [0.2, 0.25) is 10.0 Å². The number of nitrogens with zero attached hydrogens (tertiary/aromatic N) is 2. The largest absolute Gasteiger partial charge is 0.482 e. The van der Waals surface area contributed by atoms with Crippen molar-refractivity contribution in [2.75, 3.05) is 32.0 Å². The second-order valence-electron chi connectivity index (χ2n) is 7.71. The SMILES string of the molecule is CC(Oc1cc(-c2ccc(CN3CCOCC3)cc2)cnc1N)c1c(Cl)ccc(F)c1Cl. The van der Waals surface area contributed by atoms with Crippen LogP contribution < -0.4 is 10.5 Å². The molecule has 0 spiro atoms. The highest BCUT2D eigenvalue weighted by atomic mass is 35.5. The van der Waals surface area contributed by atoms with E-state index in [0.717, 1.165) is 44.0 Å². The van der Waals surface area contributed by atoms with Gasteiger partial charge in [0.25, 0.3) is 0 Å². The van der Waals surface area contributed by atoms with Crippen molar-refractivity contribution in [3.8, 4) is 16.9 Å². The Balaban J connectivity index is 1.52. The number of rotatable bonds is 6. The molecule has 0 bridgehead atoms. The zero-order valence-corrected chi connectivity index (χ0v) is 19.2. The van der Waals surface area contributed by atoms with Gasteiger partial charge < -0.3 is 15.2 Å². The maximum absolute atomic E-state index is 13.9. The third-order valence-electron chi connectivity index (χ3n) is 5.47. The van der Waals surface area contributed by atoms with E-state index < -0.39 is 11.9 Å². The lowest BCUT2D eigenvalue weighted by Crippen LogP contribution is -2.35. The van der Waals surface area contributed by atoms with Crippen molar-refractivity contribution in [1.82, 2.24) is 9.88 Å². The van der Waals surface area contributed by atoms with Crippen molar-refractivity contribution in [2.24, 2.45) is 0 Å². The fourth-order valence-electron chi connectivity index (χ4n) is 3.69. The highest BCUT2D eigenvalue weighted by Crippen LogP contribution is 2.37. The second-order valence-corrected chi connectivity index (χ2v) is 8.49. The zero-order chi connectivity index (χ0) is 22.7. The van der Waals surface area contributed by atoms with Gasteiger partial charge in [-0.25, -0.2) is 9.37 Å². The van der Waals surface area contributed by atoms with Crippen LogP contribution in [-0.4, -0.2) is 36.2 Å². The Labute approximate surface area is 196 Å². The van der Waals surface area contributed by atoms with Crippen LogP contribution >= 0.6 is 23.2 Å². The van der Waals surface area contributed by atoms with Gasteiger partial charge in [0.2, 0.25) is 0 Å². The van der Waals surface area contributed by atoms with Crippen molar-refractivity contribution in [3.05, 3.63) is 75.7 Å². The van der Waals surface area contributed by atoms with Crippen molar-refractivity contribution in [2.45, 2.75) is 19.6 Å². The maximum atomic E-state index is 13.9. The van der Waals surface area contributed by atoms with Crippen LogP contribution in [-0.2, 0) is 11.3 Å². The molecule has 5 nitrogen and oxygen atoms in total. The van der Waals surface area contributed by atoms with E-state index in [1.807, 2.05) is 6.07 Å². The number of nitrogen functional groups attached to an aromatic ring is 1. The van der Waals surface area contributed by atoms with E-state index in [9.17, 15) is 4.39 Å². The Kier molecular flexibility index (Phi) is 7.16. The van der Waals surface area contributed by atoms with Gasteiger partial charge in [-0.15, -0.1) is 0 Å². The number of hydrogen-bond donors (Lipinski definition) is 1. The molecule has 8 heteroatoms. The lowest BCUT2D eigenvalue weighted by atomic mass is 10.0. The predicted octanol–water partition coefficient (Wildman–Crippen LogP) is 5.75. The van der Waals surface area contributed by atoms with E-state index in [1.54, 1.807) is 13.1 Å². The molecule has 0 aliphatic carbocycles. The van der Waals surface area contributed by atoms with E-state index in [-0.39, 0.29) is 10.8 Å². The monoisotopic (exact) mass is 475 g/mol. The van der Waals surface area contributed by atoms with Gasteiger partial charge in [-0.1, -0.05) is 47.5 Å². The van der Waals surface area contributed by atoms with Gasteiger partial charge in [0.15, 0.2) is 11.6 Å². The fraction of sp³-hybridized carbons (Fsp3) is 0.292. The summed E-state index contributed by atoms with van der Waals surface area (Å²) in [6.07, 6.45) is 1.08. The summed E-state index contributed by atoms with van der Waals surface area (Å²) in [5.74, 6) is 0.0514. The normalized spacial score (nSPS) is 15.5. The van der Waals surface area contributed by atoms with Crippen LogP contribution in [0.4, 0.5) is 10.2 Å². The molecule has 2 aromatic carbocycles. The minimum atomic E-state index is -0.624. The Hall–Kier alpha value is -2.38. The first-order chi connectivity index (χ1) is 15.4. The molecule has 2 heterocycles. The first-order valence-electron chi connectivity index (χ1n) is 10.4. The number of nitrogens with two attached hydrogens (primary N) is 1. The number of morpholine rings is 1. The van der Waals surface area contributed by atoms with E-state index in [0.29, 0.717) is 16.3 Å². The minimum absolute atomic E-state index is 0.0662. The van der Waals surface area contributed by atoms with Gasteiger partial charge in [0.1, 0.15) is 11.9 Å². The average molecular weight is 476 g/mol. The average Bonchev–Trinajstić information content (AvgIpc) is 2.79. The Bertz CT molecular complexity index is 1090. The molecule has 32 heavy (non-hydrogen) atoms. The second kappa shape index (κ2) is 10.0. The highest BCUT2D eigenvalue weighted by molar-refractivity contribution is 6.36. The third-order valence-corrected chi connectivity index (χ3v) is 6.18. The number of benzene rings is 2. The van der Waals surface area contributed by atoms with Gasteiger partial charge in [0, 0.05) is 42.0 Å². The summed E-state index contributed by atoms with van der Waals surface area (Å²) in [5.41, 5.74) is 9.48. The summed E-state index contributed by atoms with van der Waals surface area (Å²) < 4.78 is 25.3. The summed E-state index contributed by atoms with van der Waals surface area (Å²) in [6.45, 7) is 6.08. The van der Waals surface area contributed by atoms with Crippen LogP contribution in [0.5, 0.6) is 5.75 Å². The molecule has 0 amide bonds. The van der Waals surface area contributed by atoms with Crippen LogP contribution in [0, 0.1) is 5.82 Å². The van der Waals surface area contributed by atoms with Crippen molar-refractivity contribution in [1.29, 1.82) is 0 Å². The zero-order valence-electron chi connectivity index (χ0n) is 17.7. The van der Waals surface area contributed by atoms with Gasteiger partial charge in [-0.05, 0) is 36.2 Å². The Morgan fingerprint density at radius 3 is 2.56 bits per heavy atom. The number of aromatic nitrogens is 1. The first-order valence-corrected chi connectivity index (χ1v) is 11.1. The standard InChI is InChI=1S/C24H24Cl2FN3O2/c1-15(22-19(25)6-7-20(27)23(22)26)32-21-12-18(13-29-24(21)28)17-4-2-16(3-5-17)14-30-8-10-31-11-9-30/h2-7,12-13,15H,8-11,14H2,1H3,(H2,28,29). The topological polar surface area (TPSA) is 60.6 Å². The molecular weight excluding hydrogens is 452 g/mol. The maximum Gasteiger partial charge on any atom is 0.166 e. The molecule has 1 saturated heterocycles. The summed E-state index contributed by atoms with van der Waals surface area (Å²) in [5, 5.41) is 0.256. The van der Waals surface area contributed by atoms with E-state index >= 15 is 0 Å². The molecule has 1 unspecified atom stereocenters. The van der Waals surface area contributed by atoms with Gasteiger partial charge in [-0.2, -0.15) is 0 Å². The van der Waals surface area contributed by atoms with E-state index in [2.05, 4.69) is 34.1 Å². The Morgan fingerprint density at radius 1 is 1.12 bits per heavy atom. The molecule has 168 valence electrons. The lowest BCUT2D eigenvalue weighted by Gasteiger charge is -2.26. The van der Waals surface area contributed by atoms with Gasteiger partial charge in [-0.3, -0.25) is 4.90 Å². The molecule has 4 rings (SSSR count). The third kappa shape index (κ3) is 5.15. The molecule has 2 N–H and O–H groups in total. The predicted molar refractivity (Wildman–Crippen MR) is 126 cm³/mol. The lowest BCUT2D eigenvalue weighted by molar-refractivity contribution is 0.0342. The minimum Gasteiger partial charge on any atom is -0.482 e. The van der Waals surface area contributed by atoms with Gasteiger partial charge >= 0.3 is 0 Å². The molecule has 1 aliphatic heterocycles. The summed E-state index contributed by atoms with van der Waals surface area (Å²) in [6, 6.07) is 12.8. The van der Waals surface area contributed by atoms with E-state index in [4.69, 9.17) is 38.4 Å². The summed E-state index contributed by atoms with van der Waals surface area (Å²) >= 11 is 12.3. The number of halogens is 3. The van der Waals surface area contributed by atoms with Crippen LogP contribution in [0.25, 0.3) is 11.1 Å². The smallest absolute Gasteiger partial charge is 0.166 e. The summed E-state index contributed by atoms with van der Waals surface area (Å²) in [7, 11) is 0. The number of ether oxygens (including phenoxy) is 2. The van der Waals surface area contributed by atoms with Crippen molar-refractivity contribution < 1.29 is 13.9 Å². The van der Waals surface area contributed by atoms with Crippen LogP contribution in [0.1, 0.15) is 24.2 Å². The molecule has 1 aliphatic rings. The van der Waals surface area contributed by atoms with Crippen molar-refractivity contribution in [3.63, 3.8) is 0 Å². The molecule has 3 aromatic rings. The fourth-order valence-corrected chi connectivity index (χ4v) is 4.37. The Morgan fingerprint density at radius 2 is 1.84 bits per heavy atom. The molecule has 1 aromatic heterocycles. The molecule has 0 radical (unpaired) electrons. The quantitative estimate of drug-likeness (QED) is 0.459. The van der Waals surface area contributed by atoms with Crippen molar-refractivity contribution >= 4 is 29.0 Å². The highest BCUT2D eigenvalue weighted by Gasteiger charge is 2.20. The number of pyridine rings is 1. The number of anilines is 1. The first kappa shape index (κ1) is 22.8. The summed E-state index contributed by atoms with van der Waals surface area (Å²) in [4.78, 5) is 6.65. The number of hydrogen-bond acceptors (Lipinski definition) is 5. The molecular formula is C24H24Cl2FN3O2. The van der Waals surface area contributed by atoms with Gasteiger partial charge in [0.05, 0.1) is 18.2 Å².